The van der Waals surface area contributed by atoms with Crippen LogP contribution >= 0.6 is 0 Å². The van der Waals surface area contributed by atoms with Gasteiger partial charge in [0.15, 0.2) is 0 Å². The molecule has 1 aromatic heterocycles. The number of aromatic nitrogens is 2. The molecule has 4 N–H and O–H groups in total. The van der Waals surface area contributed by atoms with Gasteiger partial charge in [0.1, 0.15) is 0 Å². The lowest BCUT2D eigenvalue weighted by Gasteiger charge is -2.20. The zero-order valence-electron chi connectivity index (χ0n) is 12.0. The normalized spacial score (nSPS) is 12.7. The molecule has 1 unspecified atom stereocenters. The summed E-state index contributed by atoms with van der Waals surface area (Å²) < 4.78 is 1.70. The summed E-state index contributed by atoms with van der Waals surface area (Å²) in [7, 11) is 3.37. The van der Waals surface area contributed by atoms with Crippen molar-refractivity contribution in [2.75, 3.05) is 32.9 Å². The molecule has 0 aliphatic heterocycles. The van der Waals surface area contributed by atoms with Crippen LogP contribution in [0.2, 0.25) is 0 Å². The molecular weight excluding hydrogens is 246 g/mol. The van der Waals surface area contributed by atoms with E-state index in [1.165, 1.54) is 0 Å². The van der Waals surface area contributed by atoms with Crippen LogP contribution in [0.3, 0.4) is 0 Å². The average Bonchev–Trinajstić information content (AvgIpc) is 2.56. The standard InChI is InChI=1S/C12H23N5O2/c1-8-12(13)9(2)17(15-8)6-10(18)5-16(4)7-11(19)14-3/h10,18H,5-7,13H2,1-4H3,(H,14,19). The summed E-state index contributed by atoms with van der Waals surface area (Å²) in [5.41, 5.74) is 8.11. The second-order valence-electron chi connectivity index (χ2n) is 4.79. The van der Waals surface area contributed by atoms with Crippen molar-refractivity contribution in [3.63, 3.8) is 0 Å². The Morgan fingerprint density at radius 2 is 2.21 bits per heavy atom. The maximum atomic E-state index is 11.2. The van der Waals surface area contributed by atoms with Crippen LogP contribution in [0, 0.1) is 13.8 Å². The van der Waals surface area contributed by atoms with Crippen molar-refractivity contribution in [2.45, 2.75) is 26.5 Å². The highest BCUT2D eigenvalue weighted by atomic mass is 16.3. The monoisotopic (exact) mass is 269 g/mol. The van der Waals surface area contributed by atoms with Gasteiger partial charge in [-0.3, -0.25) is 14.4 Å². The predicted molar refractivity (Wildman–Crippen MR) is 73.7 cm³/mol. The van der Waals surface area contributed by atoms with Crippen molar-refractivity contribution in [3.8, 4) is 0 Å². The highest BCUT2D eigenvalue weighted by Crippen LogP contribution is 2.15. The number of nitrogens with zero attached hydrogens (tertiary/aromatic N) is 3. The number of nitrogens with one attached hydrogen (secondary N) is 1. The quantitative estimate of drug-likeness (QED) is 0.623. The lowest BCUT2D eigenvalue weighted by atomic mass is 10.3. The molecule has 19 heavy (non-hydrogen) atoms. The highest BCUT2D eigenvalue weighted by molar-refractivity contribution is 5.77. The molecule has 108 valence electrons. The Kier molecular flexibility index (Phi) is 5.31. The Hall–Kier alpha value is -1.60. The largest absolute Gasteiger partial charge is 0.396 e. The van der Waals surface area contributed by atoms with E-state index in [0.717, 1.165) is 11.4 Å². The van der Waals surface area contributed by atoms with Crippen molar-refractivity contribution >= 4 is 11.6 Å². The van der Waals surface area contributed by atoms with Crippen molar-refractivity contribution < 1.29 is 9.90 Å². The molecule has 0 saturated carbocycles. The van der Waals surface area contributed by atoms with E-state index in [-0.39, 0.29) is 12.5 Å². The summed E-state index contributed by atoms with van der Waals surface area (Å²) in [6, 6.07) is 0. The number of carbonyl (C=O) groups is 1. The Morgan fingerprint density at radius 1 is 1.58 bits per heavy atom. The minimum atomic E-state index is -0.605. The molecule has 0 radical (unpaired) electrons. The van der Waals surface area contributed by atoms with Crippen LogP contribution in [-0.2, 0) is 11.3 Å². The fourth-order valence-corrected chi connectivity index (χ4v) is 1.89. The van der Waals surface area contributed by atoms with Gasteiger partial charge in [0.05, 0.1) is 36.3 Å². The number of rotatable bonds is 6. The molecule has 1 aromatic rings. The van der Waals surface area contributed by atoms with E-state index in [4.69, 9.17) is 5.73 Å². The van der Waals surface area contributed by atoms with Crippen LogP contribution in [0.25, 0.3) is 0 Å². The van der Waals surface area contributed by atoms with Gasteiger partial charge in [0.2, 0.25) is 5.91 Å². The van der Waals surface area contributed by atoms with Crippen LogP contribution in [0.5, 0.6) is 0 Å². The Labute approximate surface area is 113 Å². The number of aliphatic hydroxyl groups excluding tert-OH is 1. The Bertz CT molecular complexity index is 444. The van der Waals surface area contributed by atoms with E-state index in [0.29, 0.717) is 18.8 Å². The minimum Gasteiger partial charge on any atom is -0.396 e. The zero-order valence-corrected chi connectivity index (χ0v) is 12.0. The van der Waals surface area contributed by atoms with E-state index in [1.54, 1.807) is 23.7 Å². The van der Waals surface area contributed by atoms with Crippen molar-refractivity contribution in [1.82, 2.24) is 20.0 Å². The van der Waals surface area contributed by atoms with Crippen LogP contribution in [0.4, 0.5) is 5.69 Å². The number of nitrogens with two attached hydrogens (primary N) is 1. The molecule has 0 fully saturated rings. The molecule has 7 nitrogen and oxygen atoms in total. The first kappa shape index (κ1) is 15.5. The van der Waals surface area contributed by atoms with Gasteiger partial charge >= 0.3 is 0 Å². The van der Waals surface area contributed by atoms with Gasteiger partial charge in [-0.05, 0) is 20.9 Å². The van der Waals surface area contributed by atoms with Gasteiger partial charge in [0, 0.05) is 13.6 Å². The molecule has 0 spiro atoms. The van der Waals surface area contributed by atoms with E-state index in [2.05, 4.69) is 10.4 Å². The number of hydrogen-bond acceptors (Lipinski definition) is 5. The first-order chi connectivity index (χ1) is 8.85. The molecule has 0 aliphatic rings. The number of amides is 1. The summed E-state index contributed by atoms with van der Waals surface area (Å²) in [4.78, 5) is 13.0. The predicted octanol–water partition coefficient (Wildman–Crippen LogP) is -0.879. The molecule has 7 heteroatoms. The number of hydrogen-bond donors (Lipinski definition) is 3. The molecule has 0 aromatic carbocycles. The first-order valence-electron chi connectivity index (χ1n) is 6.21. The van der Waals surface area contributed by atoms with Gasteiger partial charge in [-0.2, -0.15) is 5.10 Å². The van der Waals surface area contributed by atoms with Crippen LogP contribution in [0.15, 0.2) is 0 Å². The molecule has 0 bridgehead atoms. The Balaban J connectivity index is 2.53. The minimum absolute atomic E-state index is 0.0786. The van der Waals surface area contributed by atoms with E-state index in [1.807, 2.05) is 13.8 Å². The number of likely N-dealkylation sites (N-methyl/N-ethyl adjacent to an activating group) is 2. The van der Waals surface area contributed by atoms with E-state index < -0.39 is 6.10 Å². The second-order valence-corrected chi connectivity index (χ2v) is 4.79. The highest BCUT2D eigenvalue weighted by Gasteiger charge is 2.15. The summed E-state index contributed by atoms with van der Waals surface area (Å²) in [6.07, 6.45) is -0.605. The number of aryl methyl sites for hydroxylation is 1. The molecule has 1 amide bonds. The van der Waals surface area contributed by atoms with Gasteiger partial charge in [0.25, 0.3) is 0 Å². The third-order valence-corrected chi connectivity index (χ3v) is 3.04. The number of anilines is 1. The van der Waals surface area contributed by atoms with Gasteiger partial charge in [-0.15, -0.1) is 0 Å². The lowest BCUT2D eigenvalue weighted by Crippen LogP contribution is -2.38. The van der Waals surface area contributed by atoms with E-state index >= 15 is 0 Å². The summed E-state index contributed by atoms with van der Waals surface area (Å²) in [5, 5.41) is 16.8. The number of carbonyl (C=O) groups excluding carboxylic acids is 1. The maximum absolute atomic E-state index is 11.2. The molecule has 1 heterocycles. The fourth-order valence-electron chi connectivity index (χ4n) is 1.89. The van der Waals surface area contributed by atoms with E-state index in [9.17, 15) is 9.90 Å². The average molecular weight is 269 g/mol. The number of nitrogen functional groups attached to an aromatic ring is 1. The molecule has 1 rings (SSSR count). The fraction of sp³-hybridized carbons (Fsp3) is 0.667. The lowest BCUT2D eigenvalue weighted by molar-refractivity contribution is -0.121. The van der Waals surface area contributed by atoms with Crippen LogP contribution in [-0.4, -0.2) is 59.0 Å². The molecule has 0 saturated heterocycles. The summed E-state index contributed by atoms with van der Waals surface area (Å²) in [5.74, 6) is -0.0786. The van der Waals surface area contributed by atoms with Gasteiger partial charge in [-0.25, -0.2) is 0 Å². The third kappa shape index (κ3) is 4.22. The number of aliphatic hydroxyl groups is 1. The third-order valence-electron chi connectivity index (χ3n) is 3.04. The van der Waals surface area contributed by atoms with Crippen LogP contribution < -0.4 is 11.1 Å². The summed E-state index contributed by atoms with van der Waals surface area (Å²) in [6.45, 7) is 4.72. The summed E-state index contributed by atoms with van der Waals surface area (Å²) >= 11 is 0. The molecule has 0 aliphatic carbocycles. The smallest absolute Gasteiger partial charge is 0.233 e. The van der Waals surface area contributed by atoms with Crippen LogP contribution in [0.1, 0.15) is 11.4 Å². The molecular formula is C12H23N5O2. The van der Waals surface area contributed by atoms with Crippen molar-refractivity contribution in [1.29, 1.82) is 0 Å². The molecule has 1 atom stereocenters. The SMILES string of the molecule is CNC(=O)CN(C)CC(O)Cn1nc(C)c(N)c1C. The topological polar surface area (TPSA) is 96.4 Å². The van der Waals surface area contributed by atoms with Crippen molar-refractivity contribution in [2.24, 2.45) is 0 Å². The first-order valence-corrected chi connectivity index (χ1v) is 6.21. The van der Waals surface area contributed by atoms with Gasteiger partial charge < -0.3 is 16.2 Å². The maximum Gasteiger partial charge on any atom is 0.233 e. The van der Waals surface area contributed by atoms with Gasteiger partial charge in [-0.1, -0.05) is 0 Å². The van der Waals surface area contributed by atoms with Crippen molar-refractivity contribution in [3.05, 3.63) is 11.4 Å². The second kappa shape index (κ2) is 6.53. The Morgan fingerprint density at radius 3 is 2.68 bits per heavy atom. The zero-order chi connectivity index (χ0) is 14.6.